The van der Waals surface area contributed by atoms with Gasteiger partial charge >= 0.3 is 0 Å². The van der Waals surface area contributed by atoms with E-state index in [4.69, 9.17) is 10.5 Å². The molecule has 0 fully saturated rings. The molecule has 5 heteroatoms. The molecule has 0 spiro atoms. The van der Waals surface area contributed by atoms with Crippen molar-refractivity contribution in [3.63, 3.8) is 0 Å². The van der Waals surface area contributed by atoms with Gasteiger partial charge in [-0.15, -0.1) is 0 Å². The number of nitrogens with two attached hydrogens (primary N) is 1. The van der Waals surface area contributed by atoms with Crippen LogP contribution in [0.4, 0.5) is 0 Å². The van der Waals surface area contributed by atoms with Gasteiger partial charge in [0.15, 0.2) is 0 Å². The Hall–Kier alpha value is -1.88. The molecular formula is C16H23N3O2. The van der Waals surface area contributed by atoms with Crippen molar-refractivity contribution >= 4 is 16.8 Å². The first-order chi connectivity index (χ1) is 10.0. The first kappa shape index (κ1) is 15.5. The second-order valence-electron chi connectivity index (χ2n) is 5.49. The smallest absolute Gasteiger partial charge is 0.131 e. The Morgan fingerprint density at radius 3 is 2.81 bits per heavy atom. The van der Waals surface area contributed by atoms with E-state index >= 15 is 0 Å². The van der Waals surface area contributed by atoms with E-state index < -0.39 is 0 Å². The number of aryl methyl sites for hydroxylation is 1. The summed E-state index contributed by atoms with van der Waals surface area (Å²) in [6, 6.07) is 5.89. The number of rotatable bonds is 7. The normalized spacial score (nSPS) is 11.3. The predicted octanol–water partition coefficient (Wildman–Crippen LogP) is 2.30. The molecule has 2 rings (SSSR count). The molecule has 0 atom stereocenters. The van der Waals surface area contributed by atoms with Crippen molar-refractivity contribution in [1.82, 2.24) is 9.55 Å². The highest BCUT2D eigenvalue weighted by Crippen LogP contribution is 2.23. The van der Waals surface area contributed by atoms with Crippen LogP contribution in [0.25, 0.3) is 11.0 Å². The highest BCUT2D eigenvalue weighted by Gasteiger charge is 2.12. The minimum atomic E-state index is 0.130. The van der Waals surface area contributed by atoms with Gasteiger partial charge in [0.1, 0.15) is 17.4 Å². The van der Waals surface area contributed by atoms with E-state index in [9.17, 15) is 4.79 Å². The molecule has 2 N–H and O–H groups in total. The Morgan fingerprint density at radius 1 is 1.43 bits per heavy atom. The Balaban J connectivity index is 2.38. The SMILES string of the molecule is CC(=O)CCn1c(CCN)nc2cc(OC(C)C)ccc21. The van der Waals surface area contributed by atoms with Gasteiger partial charge in [0.05, 0.1) is 17.1 Å². The lowest BCUT2D eigenvalue weighted by molar-refractivity contribution is -0.117. The van der Waals surface area contributed by atoms with Gasteiger partial charge in [-0.05, 0) is 39.4 Å². The molecule has 1 heterocycles. The summed E-state index contributed by atoms with van der Waals surface area (Å²) in [5, 5.41) is 0. The summed E-state index contributed by atoms with van der Waals surface area (Å²) >= 11 is 0. The number of ketones is 1. The zero-order valence-corrected chi connectivity index (χ0v) is 12.9. The zero-order valence-electron chi connectivity index (χ0n) is 12.9. The molecule has 0 amide bonds. The average molecular weight is 289 g/mol. The lowest BCUT2D eigenvalue weighted by atomic mass is 10.2. The Bertz CT molecular complexity index is 632. The number of hydrogen-bond acceptors (Lipinski definition) is 4. The number of Topliss-reactive ketones (excluding diaryl/α,β-unsaturated/α-hetero) is 1. The number of benzene rings is 1. The fourth-order valence-corrected chi connectivity index (χ4v) is 2.34. The summed E-state index contributed by atoms with van der Waals surface area (Å²) in [6.07, 6.45) is 1.34. The Morgan fingerprint density at radius 2 is 2.19 bits per heavy atom. The van der Waals surface area contributed by atoms with E-state index in [0.717, 1.165) is 22.6 Å². The van der Waals surface area contributed by atoms with Gasteiger partial charge in [0, 0.05) is 25.5 Å². The molecular weight excluding hydrogens is 266 g/mol. The molecule has 5 nitrogen and oxygen atoms in total. The molecule has 21 heavy (non-hydrogen) atoms. The highest BCUT2D eigenvalue weighted by atomic mass is 16.5. The van der Waals surface area contributed by atoms with E-state index in [1.54, 1.807) is 6.92 Å². The van der Waals surface area contributed by atoms with Crippen molar-refractivity contribution < 1.29 is 9.53 Å². The largest absolute Gasteiger partial charge is 0.491 e. The van der Waals surface area contributed by atoms with Gasteiger partial charge in [-0.1, -0.05) is 0 Å². The topological polar surface area (TPSA) is 70.1 Å². The zero-order chi connectivity index (χ0) is 15.4. The van der Waals surface area contributed by atoms with Crippen LogP contribution >= 0.6 is 0 Å². The summed E-state index contributed by atoms with van der Waals surface area (Å²) in [5.41, 5.74) is 7.57. The maximum absolute atomic E-state index is 11.2. The van der Waals surface area contributed by atoms with E-state index in [0.29, 0.717) is 25.9 Å². The molecule has 0 aliphatic carbocycles. The molecule has 1 aromatic carbocycles. The number of carbonyl (C=O) groups excluding carboxylic acids is 1. The van der Waals surface area contributed by atoms with Gasteiger partial charge in [-0.3, -0.25) is 4.79 Å². The van der Waals surface area contributed by atoms with Crippen molar-refractivity contribution in [2.45, 2.75) is 46.3 Å². The Labute approximate surface area is 125 Å². The molecule has 2 aromatic rings. The van der Waals surface area contributed by atoms with Crippen LogP contribution in [0, 0.1) is 0 Å². The molecule has 0 aliphatic rings. The Kier molecular flexibility index (Phi) is 4.96. The maximum atomic E-state index is 11.2. The van der Waals surface area contributed by atoms with Gasteiger partial charge in [0.25, 0.3) is 0 Å². The number of aromatic nitrogens is 2. The summed E-state index contributed by atoms with van der Waals surface area (Å²) in [6.45, 7) is 6.78. The van der Waals surface area contributed by atoms with Crippen LogP contribution in [0.5, 0.6) is 5.75 Å². The number of ether oxygens (including phenoxy) is 1. The highest BCUT2D eigenvalue weighted by molar-refractivity contribution is 5.79. The van der Waals surface area contributed by atoms with Crippen LogP contribution in [0.1, 0.15) is 33.0 Å². The van der Waals surface area contributed by atoms with Crippen molar-refractivity contribution in [2.24, 2.45) is 5.73 Å². The summed E-state index contributed by atoms with van der Waals surface area (Å²) < 4.78 is 7.79. The fourth-order valence-electron chi connectivity index (χ4n) is 2.34. The number of hydrogen-bond donors (Lipinski definition) is 1. The van der Waals surface area contributed by atoms with Crippen LogP contribution in [0.2, 0.25) is 0 Å². The van der Waals surface area contributed by atoms with E-state index in [2.05, 4.69) is 9.55 Å². The third-order valence-corrected chi connectivity index (χ3v) is 3.23. The number of nitrogens with zero attached hydrogens (tertiary/aromatic N) is 2. The molecule has 0 saturated heterocycles. The van der Waals surface area contributed by atoms with Crippen LogP contribution in [-0.4, -0.2) is 28.0 Å². The van der Waals surface area contributed by atoms with Gasteiger partial charge in [0.2, 0.25) is 0 Å². The summed E-state index contributed by atoms with van der Waals surface area (Å²) in [7, 11) is 0. The molecule has 114 valence electrons. The third-order valence-electron chi connectivity index (χ3n) is 3.23. The van der Waals surface area contributed by atoms with Crippen LogP contribution in [-0.2, 0) is 17.8 Å². The quantitative estimate of drug-likeness (QED) is 0.849. The molecule has 0 unspecified atom stereocenters. The van der Waals surface area contributed by atoms with E-state index in [-0.39, 0.29) is 11.9 Å². The van der Waals surface area contributed by atoms with Gasteiger partial charge in [-0.25, -0.2) is 4.98 Å². The monoisotopic (exact) mass is 289 g/mol. The van der Waals surface area contributed by atoms with Crippen molar-refractivity contribution in [3.05, 3.63) is 24.0 Å². The van der Waals surface area contributed by atoms with Crippen molar-refractivity contribution in [3.8, 4) is 5.75 Å². The molecule has 1 aromatic heterocycles. The fraction of sp³-hybridized carbons (Fsp3) is 0.500. The van der Waals surface area contributed by atoms with Crippen molar-refractivity contribution in [2.75, 3.05) is 6.54 Å². The minimum Gasteiger partial charge on any atom is -0.491 e. The number of fused-ring (bicyclic) bond motifs is 1. The van der Waals surface area contributed by atoms with Crippen LogP contribution in [0.3, 0.4) is 0 Å². The first-order valence-electron chi connectivity index (χ1n) is 7.36. The lowest BCUT2D eigenvalue weighted by Crippen LogP contribution is -2.11. The first-order valence-corrected chi connectivity index (χ1v) is 7.36. The maximum Gasteiger partial charge on any atom is 0.131 e. The second kappa shape index (κ2) is 6.72. The lowest BCUT2D eigenvalue weighted by Gasteiger charge is -2.10. The number of carbonyl (C=O) groups is 1. The predicted molar refractivity (Wildman–Crippen MR) is 83.6 cm³/mol. The molecule has 0 saturated carbocycles. The van der Waals surface area contributed by atoms with Crippen LogP contribution in [0.15, 0.2) is 18.2 Å². The standard InChI is InChI=1S/C16H23N3O2/c1-11(2)21-13-4-5-15-14(10-13)18-16(6-8-17)19(15)9-7-12(3)20/h4-5,10-11H,6-9,17H2,1-3H3. The van der Waals surface area contributed by atoms with Crippen LogP contribution < -0.4 is 10.5 Å². The molecule has 0 aliphatic heterocycles. The van der Waals surface area contributed by atoms with Gasteiger partial charge < -0.3 is 15.0 Å². The van der Waals surface area contributed by atoms with E-state index in [1.807, 2.05) is 32.0 Å². The molecule has 0 radical (unpaired) electrons. The minimum absolute atomic E-state index is 0.130. The van der Waals surface area contributed by atoms with E-state index in [1.165, 1.54) is 0 Å². The number of imidazole rings is 1. The summed E-state index contributed by atoms with van der Waals surface area (Å²) in [5.74, 6) is 1.92. The third kappa shape index (κ3) is 3.82. The summed E-state index contributed by atoms with van der Waals surface area (Å²) in [4.78, 5) is 15.9. The second-order valence-corrected chi connectivity index (χ2v) is 5.49. The molecule has 0 bridgehead atoms. The van der Waals surface area contributed by atoms with Crippen molar-refractivity contribution in [1.29, 1.82) is 0 Å². The van der Waals surface area contributed by atoms with Gasteiger partial charge in [-0.2, -0.15) is 0 Å². The average Bonchev–Trinajstić information content (AvgIpc) is 2.72.